The Balaban J connectivity index is 0.867. The Bertz CT molecular complexity index is 4820. The van der Waals surface area contributed by atoms with Crippen LogP contribution in [0.4, 0.5) is 0 Å². The Labute approximate surface area is 567 Å². The normalized spacial score (nSPS) is 15.4. The van der Waals surface area contributed by atoms with Crippen LogP contribution in [0.5, 0.6) is 0 Å². The molecule has 6 heteroatoms. The zero-order valence-electron chi connectivity index (χ0n) is 53.7. The van der Waals surface area contributed by atoms with E-state index >= 15 is 0 Å². The first-order chi connectivity index (χ1) is 47.5. The van der Waals surface area contributed by atoms with Gasteiger partial charge < -0.3 is 8.83 Å². The molecule has 1 aliphatic heterocycles. The number of benzene rings is 12. The van der Waals surface area contributed by atoms with Crippen molar-refractivity contribution < 1.29 is 8.83 Å². The molecule has 2 aromatic heterocycles. The van der Waals surface area contributed by atoms with Gasteiger partial charge in [0.25, 0.3) is 0 Å². The van der Waals surface area contributed by atoms with Gasteiger partial charge >= 0.3 is 0 Å². The summed E-state index contributed by atoms with van der Waals surface area (Å²) in [5, 5.41) is 15.3. The minimum Gasteiger partial charge on any atom is -0.456 e. The van der Waals surface area contributed by atoms with E-state index in [1.54, 1.807) is 0 Å². The van der Waals surface area contributed by atoms with Crippen LogP contribution in [0.1, 0.15) is 35.1 Å². The molecule has 1 aliphatic rings. The lowest BCUT2D eigenvalue weighted by Crippen LogP contribution is -2.33. The lowest BCUT2D eigenvalue weighted by molar-refractivity contribution is 0.668. The number of furan rings is 2. The van der Waals surface area contributed by atoms with Crippen molar-refractivity contribution in [2.75, 3.05) is 49.3 Å². The molecular weight excluding hydrogens is 1240 g/mol. The average Bonchev–Trinajstić information content (AvgIpc) is 1.08. The summed E-state index contributed by atoms with van der Waals surface area (Å²) >= 11 is 0. The topological polar surface area (TPSA) is 26.3 Å². The first-order valence-electron chi connectivity index (χ1n) is 33.3. The second kappa shape index (κ2) is 28.3. The largest absolute Gasteiger partial charge is 0.456 e. The summed E-state index contributed by atoms with van der Waals surface area (Å²) in [6.07, 6.45) is 9.02. The van der Waals surface area contributed by atoms with Crippen LogP contribution in [0.3, 0.4) is 0 Å². The third-order valence-corrected chi connectivity index (χ3v) is 37.0. The maximum Gasteiger partial charge on any atom is 0.136 e. The maximum atomic E-state index is 6.80. The molecule has 8 bridgehead atoms. The molecule has 0 unspecified atom stereocenters. The van der Waals surface area contributed by atoms with E-state index in [1.165, 1.54) is 42.4 Å². The molecular formula is C90H72O2P4+4. The number of hydrogen-bond donors (Lipinski definition) is 0. The molecule has 0 N–H and O–H groups in total. The minimum absolute atomic E-state index is 0.713. The fourth-order valence-corrected chi connectivity index (χ4v) is 31.4. The van der Waals surface area contributed by atoms with E-state index < -0.39 is 29.0 Å². The molecule has 0 spiro atoms. The summed E-state index contributed by atoms with van der Waals surface area (Å²) in [6, 6.07) is 116. The van der Waals surface area contributed by atoms with Crippen LogP contribution >= 0.6 is 29.0 Å². The Morgan fingerprint density at radius 1 is 0.208 bits per heavy atom. The molecule has 0 fully saturated rings. The van der Waals surface area contributed by atoms with Crippen molar-refractivity contribution in [1.82, 2.24) is 0 Å². The van der Waals surface area contributed by atoms with Gasteiger partial charge in [0.15, 0.2) is 0 Å². The van der Waals surface area contributed by atoms with E-state index in [4.69, 9.17) is 8.83 Å². The highest BCUT2D eigenvalue weighted by molar-refractivity contribution is 7.93. The van der Waals surface area contributed by atoms with E-state index in [-0.39, 0.29) is 0 Å². The van der Waals surface area contributed by atoms with Gasteiger partial charge in [0.05, 0.1) is 41.4 Å². The molecule has 14 aromatic rings. The van der Waals surface area contributed by atoms with Gasteiger partial charge in [-0.25, -0.2) is 0 Å². The zero-order chi connectivity index (χ0) is 64.5. The Morgan fingerprint density at radius 2 is 0.396 bits per heavy atom. The van der Waals surface area contributed by atoms with Crippen molar-refractivity contribution in [1.29, 1.82) is 0 Å². The third-order valence-electron chi connectivity index (χ3n) is 19.5. The SMILES string of the molecule is C1#Cc2ccc3c(c2)oc2cc(ccc23)C#CC[P+](c2ccccc2)(c2ccccc2)CC[P+](c2ccccc2)(c2ccccc2)CC#Cc2ccc3c(c2)oc2cc(ccc23)C#CC[P+](c2ccccc2)(c2ccccc2)CCCC[P+](c2ccccc2)(c2ccccc2)C1. The second-order valence-electron chi connectivity index (χ2n) is 25.0. The van der Waals surface area contributed by atoms with Crippen LogP contribution in [0.2, 0.25) is 0 Å². The highest BCUT2D eigenvalue weighted by Gasteiger charge is 2.50. The van der Waals surface area contributed by atoms with Gasteiger partial charge in [-0.3, -0.25) is 0 Å². The number of rotatable bonds is 8. The van der Waals surface area contributed by atoms with Crippen LogP contribution in [0.15, 0.2) is 324 Å². The van der Waals surface area contributed by atoms with E-state index in [9.17, 15) is 0 Å². The second-order valence-corrected chi connectivity index (χ2v) is 40.0. The van der Waals surface area contributed by atoms with Crippen LogP contribution in [0.25, 0.3) is 43.9 Å². The molecule has 3 heterocycles. The molecule has 0 saturated heterocycles. The van der Waals surface area contributed by atoms with Gasteiger partial charge in [0.1, 0.15) is 102 Å². The zero-order valence-corrected chi connectivity index (χ0v) is 57.3. The van der Waals surface area contributed by atoms with E-state index in [1.807, 2.05) is 0 Å². The van der Waals surface area contributed by atoms with Crippen molar-refractivity contribution in [2.45, 2.75) is 12.8 Å². The molecule has 0 atom stereocenters. The molecule has 12 aromatic carbocycles. The summed E-state index contributed by atoms with van der Waals surface area (Å²) in [5.41, 5.74) is 7.07. The van der Waals surface area contributed by atoms with Crippen LogP contribution in [0, 0.1) is 47.4 Å². The summed E-state index contributed by atoms with van der Waals surface area (Å²) in [5.74, 6) is 30.2. The highest BCUT2D eigenvalue weighted by atomic mass is 31.2. The van der Waals surface area contributed by atoms with Gasteiger partial charge in [-0.1, -0.05) is 193 Å². The molecule has 0 radical (unpaired) electrons. The quantitative estimate of drug-likeness (QED) is 0.112. The smallest absolute Gasteiger partial charge is 0.136 e. The maximum absolute atomic E-state index is 6.80. The summed E-state index contributed by atoms with van der Waals surface area (Å²) < 4.78 is 13.6. The Kier molecular flexibility index (Phi) is 18.3. The lowest BCUT2D eigenvalue weighted by atomic mass is 10.1. The summed E-state index contributed by atoms with van der Waals surface area (Å²) in [7, 11) is -8.60. The van der Waals surface area contributed by atoms with Crippen molar-refractivity contribution in [3.8, 4) is 47.4 Å². The highest BCUT2D eigenvalue weighted by Crippen LogP contribution is 2.64. The van der Waals surface area contributed by atoms with E-state index in [2.05, 4.69) is 363 Å². The molecule has 460 valence electrons. The molecule has 15 rings (SSSR count). The van der Waals surface area contributed by atoms with Crippen molar-refractivity contribution in [3.63, 3.8) is 0 Å². The van der Waals surface area contributed by atoms with Gasteiger partial charge in [-0.2, -0.15) is 0 Å². The van der Waals surface area contributed by atoms with Gasteiger partial charge in [-0.05, 0) is 183 Å². The molecule has 0 amide bonds. The predicted octanol–water partition coefficient (Wildman–Crippen LogP) is 18.1. The van der Waals surface area contributed by atoms with Crippen LogP contribution in [-0.2, 0) is 0 Å². The van der Waals surface area contributed by atoms with Crippen LogP contribution in [-0.4, -0.2) is 49.3 Å². The predicted molar refractivity (Wildman–Crippen MR) is 419 cm³/mol. The van der Waals surface area contributed by atoms with Gasteiger partial charge in [-0.15, -0.1) is 0 Å². The molecule has 2 nitrogen and oxygen atoms in total. The average molecular weight is 1310 g/mol. The third kappa shape index (κ3) is 12.7. The first kappa shape index (κ1) is 62.3. The van der Waals surface area contributed by atoms with Crippen molar-refractivity contribution >= 4 is 115 Å². The van der Waals surface area contributed by atoms with Crippen molar-refractivity contribution in [3.05, 3.63) is 338 Å². The van der Waals surface area contributed by atoms with Crippen molar-refractivity contribution in [2.24, 2.45) is 0 Å². The summed E-state index contributed by atoms with van der Waals surface area (Å²) in [4.78, 5) is 0. The van der Waals surface area contributed by atoms with E-state index in [0.717, 1.165) is 116 Å². The Morgan fingerprint density at radius 3 is 0.594 bits per heavy atom. The Hall–Kier alpha value is -9.80. The standard InChI is InChI=1S/C90H72O2P4/c1-9-35-75(36-10-1)93(76-37-11-2-12-38-76)59-25-26-60-94(77-39-13-3-14-40-77,78-41-15-4-16-42-78)62-28-32-72-52-56-84-86-58-54-74(70-90(86)92-88(84)68-72)34-30-64-96(81-47-21-7-22-48-81,82-49-23-8-24-50-82)66-65-95(79-43-17-5-18-44-79,80-45-19-6-20-46-80)63-29-33-73-53-57-85-83-55-51-71(31-27-61-93)67-87(83)91-89(85)69-73/h1-24,35-58,67-70H,25-26,59-66H2/q+4. The lowest BCUT2D eigenvalue weighted by Gasteiger charge is -2.30. The fraction of sp³-hybridized carbons (Fsp3) is 0.111. The van der Waals surface area contributed by atoms with Gasteiger partial charge in [0, 0.05) is 43.8 Å². The number of fused-ring (bicyclic) bond motifs is 6. The van der Waals surface area contributed by atoms with Crippen LogP contribution < -0.4 is 42.4 Å². The molecule has 0 saturated carbocycles. The van der Waals surface area contributed by atoms with E-state index in [0.29, 0.717) is 12.3 Å². The summed E-state index contributed by atoms with van der Waals surface area (Å²) in [6.45, 7) is 0. The number of hydrogen-bond acceptors (Lipinski definition) is 2. The molecule has 96 heavy (non-hydrogen) atoms. The first-order valence-corrected chi connectivity index (χ1v) is 41.9. The fourth-order valence-electron chi connectivity index (χ4n) is 14.5. The van der Waals surface area contributed by atoms with Gasteiger partial charge in [0.2, 0.25) is 0 Å². The molecule has 0 aliphatic carbocycles. The monoisotopic (exact) mass is 1310 g/mol. The minimum atomic E-state index is -2.23.